The standard InChI is InChI=1S/C27H26N6O2/c1-17-3-9-23(10-4-17)29-24(34)16-32-18(2)13-25(35)33-27(32)30-26(31-33)21-7-5-20(6-8-21)22-14-19(15-22)11-12-28/h3-10,13,19,22H,11,14-16H2,1-2H3,(H,29,34). The van der Waals surface area contributed by atoms with Gasteiger partial charge in [0.2, 0.25) is 11.7 Å². The number of carbonyl (C=O) groups excluding carboxylic acids is 1. The number of anilines is 1. The fourth-order valence-electron chi connectivity index (χ4n) is 4.61. The Hall–Kier alpha value is -4.25. The predicted molar refractivity (Wildman–Crippen MR) is 133 cm³/mol. The molecule has 1 saturated carbocycles. The van der Waals surface area contributed by atoms with Crippen LogP contribution in [0, 0.1) is 31.1 Å². The summed E-state index contributed by atoms with van der Waals surface area (Å²) in [4.78, 5) is 30.0. The summed E-state index contributed by atoms with van der Waals surface area (Å²) < 4.78 is 2.94. The third kappa shape index (κ3) is 4.58. The number of hydrogen-bond acceptors (Lipinski definition) is 5. The summed E-state index contributed by atoms with van der Waals surface area (Å²) in [5.74, 6) is 1.53. The molecule has 2 heterocycles. The van der Waals surface area contributed by atoms with E-state index in [-0.39, 0.29) is 18.0 Å². The lowest BCUT2D eigenvalue weighted by molar-refractivity contribution is -0.116. The van der Waals surface area contributed by atoms with Crippen LogP contribution in [0.15, 0.2) is 59.4 Å². The zero-order valence-electron chi connectivity index (χ0n) is 19.7. The summed E-state index contributed by atoms with van der Waals surface area (Å²) in [6.45, 7) is 3.77. The van der Waals surface area contributed by atoms with Crippen LogP contribution in [0.5, 0.6) is 0 Å². The molecule has 0 spiro atoms. The molecule has 0 atom stereocenters. The van der Waals surface area contributed by atoms with Crippen LogP contribution in [0.2, 0.25) is 0 Å². The first kappa shape index (κ1) is 22.5. The Morgan fingerprint density at radius 3 is 2.51 bits per heavy atom. The summed E-state index contributed by atoms with van der Waals surface area (Å²) in [7, 11) is 0. The monoisotopic (exact) mass is 466 g/mol. The minimum Gasteiger partial charge on any atom is -0.325 e. The SMILES string of the molecule is Cc1ccc(NC(=O)Cn2c(C)cc(=O)n3nc(-c4ccc(C5CC(CC#N)C5)cc4)nc23)cc1. The molecule has 8 nitrogen and oxygen atoms in total. The van der Waals surface area contributed by atoms with Gasteiger partial charge in [-0.05, 0) is 56.2 Å². The molecule has 0 bridgehead atoms. The Kier molecular flexibility index (Phi) is 5.91. The molecule has 0 radical (unpaired) electrons. The van der Waals surface area contributed by atoms with Gasteiger partial charge in [-0.1, -0.05) is 42.0 Å². The first-order valence-corrected chi connectivity index (χ1v) is 11.7. The molecule has 0 saturated heterocycles. The van der Waals surface area contributed by atoms with Crippen molar-refractivity contribution < 1.29 is 4.79 Å². The molecule has 8 heteroatoms. The molecule has 1 N–H and O–H groups in total. The molecule has 176 valence electrons. The number of benzene rings is 2. The highest BCUT2D eigenvalue weighted by Crippen LogP contribution is 2.43. The maximum Gasteiger partial charge on any atom is 0.275 e. The van der Waals surface area contributed by atoms with E-state index < -0.39 is 0 Å². The van der Waals surface area contributed by atoms with Gasteiger partial charge in [0, 0.05) is 29.4 Å². The van der Waals surface area contributed by atoms with Crippen molar-refractivity contribution in [3.63, 3.8) is 0 Å². The number of fused-ring (bicyclic) bond motifs is 1. The Bertz CT molecular complexity index is 1490. The third-order valence-electron chi connectivity index (χ3n) is 6.69. The van der Waals surface area contributed by atoms with Gasteiger partial charge in [-0.2, -0.15) is 14.8 Å². The summed E-state index contributed by atoms with van der Waals surface area (Å²) in [6.07, 6.45) is 2.71. The van der Waals surface area contributed by atoms with Crippen LogP contribution in [0.1, 0.15) is 42.0 Å². The first-order valence-electron chi connectivity index (χ1n) is 11.7. The average Bonchev–Trinajstić information content (AvgIpc) is 3.26. The van der Waals surface area contributed by atoms with E-state index in [9.17, 15) is 9.59 Å². The zero-order chi connectivity index (χ0) is 24.5. The van der Waals surface area contributed by atoms with Crippen molar-refractivity contribution in [2.75, 3.05) is 5.32 Å². The lowest BCUT2D eigenvalue weighted by Crippen LogP contribution is -2.25. The number of aromatic nitrogens is 4. The lowest BCUT2D eigenvalue weighted by atomic mass is 9.70. The molecule has 1 aliphatic carbocycles. The maximum atomic E-state index is 12.7. The Balaban J connectivity index is 1.38. The number of amides is 1. The van der Waals surface area contributed by atoms with Crippen molar-refractivity contribution >= 4 is 17.4 Å². The Morgan fingerprint density at radius 2 is 1.83 bits per heavy atom. The first-order chi connectivity index (χ1) is 16.9. The van der Waals surface area contributed by atoms with Gasteiger partial charge < -0.3 is 9.88 Å². The molecule has 1 aliphatic rings. The number of aryl methyl sites for hydroxylation is 2. The van der Waals surface area contributed by atoms with E-state index in [1.807, 2.05) is 43.3 Å². The predicted octanol–water partition coefficient (Wildman–Crippen LogP) is 4.22. The smallest absolute Gasteiger partial charge is 0.275 e. The molecule has 2 aromatic carbocycles. The summed E-state index contributed by atoms with van der Waals surface area (Å²) >= 11 is 0. The van der Waals surface area contributed by atoms with Crippen molar-refractivity contribution in [3.8, 4) is 17.5 Å². The third-order valence-corrected chi connectivity index (χ3v) is 6.69. The molecular weight excluding hydrogens is 440 g/mol. The number of hydrogen-bond donors (Lipinski definition) is 1. The number of carbonyl (C=O) groups is 1. The number of rotatable bonds is 6. The minimum atomic E-state index is -0.291. The fraction of sp³-hybridized carbons (Fsp3) is 0.296. The van der Waals surface area contributed by atoms with Crippen molar-refractivity contribution in [3.05, 3.63) is 81.8 Å². The molecule has 0 aliphatic heterocycles. The van der Waals surface area contributed by atoms with Gasteiger partial charge in [0.05, 0.1) is 6.07 Å². The van der Waals surface area contributed by atoms with E-state index in [2.05, 4.69) is 33.6 Å². The number of nitrogens with one attached hydrogen (secondary N) is 1. The summed E-state index contributed by atoms with van der Waals surface area (Å²) in [5, 5.41) is 16.2. The van der Waals surface area contributed by atoms with Crippen molar-refractivity contribution in [2.24, 2.45) is 5.92 Å². The van der Waals surface area contributed by atoms with E-state index in [4.69, 9.17) is 5.26 Å². The number of nitrogens with zero attached hydrogens (tertiary/aromatic N) is 5. The Morgan fingerprint density at radius 1 is 1.11 bits per heavy atom. The van der Waals surface area contributed by atoms with Gasteiger partial charge in [0.1, 0.15) is 6.54 Å². The molecular formula is C27H26N6O2. The van der Waals surface area contributed by atoms with Crippen LogP contribution in [0.25, 0.3) is 17.2 Å². The van der Waals surface area contributed by atoms with Crippen LogP contribution in [0.4, 0.5) is 5.69 Å². The lowest BCUT2D eigenvalue weighted by Gasteiger charge is -2.34. The second kappa shape index (κ2) is 9.18. The van der Waals surface area contributed by atoms with E-state index in [1.54, 1.807) is 11.5 Å². The quantitative estimate of drug-likeness (QED) is 0.458. The molecule has 0 unspecified atom stereocenters. The van der Waals surface area contributed by atoms with Crippen LogP contribution in [0.3, 0.4) is 0 Å². The molecule has 1 amide bonds. The van der Waals surface area contributed by atoms with Crippen LogP contribution in [-0.4, -0.2) is 25.1 Å². The van der Waals surface area contributed by atoms with E-state index in [1.165, 1.54) is 16.1 Å². The summed E-state index contributed by atoms with van der Waals surface area (Å²) in [5.41, 5.74) is 4.21. The molecule has 5 rings (SSSR count). The second-order valence-corrected chi connectivity index (χ2v) is 9.29. The van der Waals surface area contributed by atoms with Gasteiger partial charge in [0.15, 0.2) is 5.82 Å². The molecule has 4 aromatic rings. The second-order valence-electron chi connectivity index (χ2n) is 9.29. The van der Waals surface area contributed by atoms with Gasteiger partial charge >= 0.3 is 0 Å². The zero-order valence-corrected chi connectivity index (χ0v) is 19.7. The maximum absolute atomic E-state index is 12.7. The Labute approximate surface area is 202 Å². The average molecular weight is 467 g/mol. The highest BCUT2D eigenvalue weighted by molar-refractivity contribution is 5.90. The van der Waals surface area contributed by atoms with Crippen LogP contribution < -0.4 is 10.9 Å². The number of nitriles is 1. The van der Waals surface area contributed by atoms with Gasteiger partial charge in [-0.15, -0.1) is 5.10 Å². The van der Waals surface area contributed by atoms with Crippen molar-refractivity contribution in [2.45, 2.75) is 45.6 Å². The van der Waals surface area contributed by atoms with Crippen LogP contribution in [-0.2, 0) is 11.3 Å². The van der Waals surface area contributed by atoms with E-state index in [0.29, 0.717) is 41.2 Å². The minimum absolute atomic E-state index is 0.00606. The topological polar surface area (TPSA) is 105 Å². The highest BCUT2D eigenvalue weighted by Gasteiger charge is 2.29. The molecule has 2 aromatic heterocycles. The highest BCUT2D eigenvalue weighted by atomic mass is 16.2. The molecule has 35 heavy (non-hydrogen) atoms. The van der Waals surface area contributed by atoms with Gasteiger partial charge in [0.25, 0.3) is 5.56 Å². The summed E-state index contributed by atoms with van der Waals surface area (Å²) in [6, 6.07) is 19.4. The van der Waals surface area contributed by atoms with E-state index in [0.717, 1.165) is 24.0 Å². The van der Waals surface area contributed by atoms with Gasteiger partial charge in [-0.25, -0.2) is 0 Å². The fourth-order valence-corrected chi connectivity index (χ4v) is 4.61. The van der Waals surface area contributed by atoms with Crippen molar-refractivity contribution in [1.82, 2.24) is 19.2 Å². The molecule has 1 fully saturated rings. The largest absolute Gasteiger partial charge is 0.325 e. The normalized spacial score (nSPS) is 17.1. The van der Waals surface area contributed by atoms with Crippen LogP contribution >= 0.6 is 0 Å². The van der Waals surface area contributed by atoms with Crippen molar-refractivity contribution in [1.29, 1.82) is 5.26 Å². The van der Waals surface area contributed by atoms with Gasteiger partial charge in [-0.3, -0.25) is 9.59 Å². The van der Waals surface area contributed by atoms with E-state index >= 15 is 0 Å².